The number of hydrogen-bond donors (Lipinski definition) is 2. The fraction of sp³-hybridized carbons (Fsp3) is 0.368. The molecule has 2 N–H and O–H groups in total. The van der Waals surface area contributed by atoms with Gasteiger partial charge in [-0.2, -0.15) is 39.5 Å². The molecule has 0 radical (unpaired) electrons. The Kier molecular flexibility index (Phi) is 6.95. The normalized spacial score (nSPS) is 12.9. The van der Waals surface area contributed by atoms with Crippen molar-refractivity contribution in [2.75, 3.05) is 11.9 Å². The van der Waals surface area contributed by atoms with E-state index < -0.39 is 41.8 Å². The van der Waals surface area contributed by atoms with Crippen LogP contribution in [0.15, 0.2) is 36.4 Å². The van der Waals surface area contributed by atoms with Crippen LogP contribution < -0.4 is 10.6 Å². The lowest BCUT2D eigenvalue weighted by Gasteiger charge is -2.16. The van der Waals surface area contributed by atoms with E-state index in [-0.39, 0.29) is 23.7 Å². The maximum atomic E-state index is 12.9. The van der Waals surface area contributed by atoms with E-state index in [1.165, 1.54) is 6.07 Å². The van der Waals surface area contributed by atoms with Crippen LogP contribution >= 0.6 is 0 Å². The molecule has 30 heavy (non-hydrogen) atoms. The van der Waals surface area contributed by atoms with Gasteiger partial charge in [-0.25, -0.2) is 0 Å². The third-order valence-electron chi connectivity index (χ3n) is 4.09. The Hall–Kier alpha value is -2.43. The number of hydrogen-bond acceptors (Lipinski definition) is 2. The lowest BCUT2D eigenvalue weighted by molar-refractivity contribution is -0.143. The highest BCUT2D eigenvalue weighted by Gasteiger charge is 2.37. The van der Waals surface area contributed by atoms with Crippen molar-refractivity contribution in [3.8, 4) is 0 Å². The average molecular weight is 444 g/mol. The molecule has 2 aromatic carbocycles. The van der Waals surface area contributed by atoms with E-state index in [1.807, 2.05) is 0 Å². The van der Waals surface area contributed by atoms with Gasteiger partial charge in [-0.15, -0.1) is 0 Å². The molecule has 0 aliphatic heterocycles. The van der Waals surface area contributed by atoms with Crippen LogP contribution in [0.5, 0.6) is 0 Å². The van der Waals surface area contributed by atoms with Gasteiger partial charge in [-0.05, 0) is 54.4 Å². The molecule has 2 rings (SSSR count). The molecule has 2 aromatic rings. The lowest BCUT2D eigenvalue weighted by atomic mass is 10.0. The average Bonchev–Trinajstić information content (AvgIpc) is 2.60. The minimum absolute atomic E-state index is 0.0135. The van der Waals surface area contributed by atoms with E-state index >= 15 is 0 Å². The Bertz CT molecular complexity index is 836. The van der Waals surface area contributed by atoms with Crippen LogP contribution in [0.25, 0.3) is 0 Å². The van der Waals surface area contributed by atoms with Crippen LogP contribution in [-0.2, 0) is 31.6 Å². The van der Waals surface area contributed by atoms with Crippen molar-refractivity contribution in [3.05, 3.63) is 64.2 Å². The van der Waals surface area contributed by atoms with E-state index in [4.69, 9.17) is 0 Å². The van der Waals surface area contributed by atoms with E-state index in [0.29, 0.717) is 24.4 Å². The van der Waals surface area contributed by atoms with Crippen LogP contribution in [-0.4, -0.2) is 6.54 Å². The summed E-state index contributed by atoms with van der Waals surface area (Å²) in [7, 11) is 0. The van der Waals surface area contributed by atoms with Gasteiger partial charge in [0.2, 0.25) is 0 Å². The number of benzene rings is 2. The van der Waals surface area contributed by atoms with E-state index in [2.05, 4.69) is 10.6 Å². The first-order chi connectivity index (χ1) is 13.7. The minimum atomic E-state index is -4.98. The van der Waals surface area contributed by atoms with Gasteiger partial charge in [0, 0.05) is 25.3 Å². The summed E-state index contributed by atoms with van der Waals surface area (Å²) < 4.78 is 116. The Morgan fingerprint density at radius 2 is 1.20 bits per heavy atom. The molecule has 0 aliphatic carbocycles. The Morgan fingerprint density at radius 3 is 1.67 bits per heavy atom. The van der Waals surface area contributed by atoms with E-state index in [1.54, 1.807) is 6.92 Å². The van der Waals surface area contributed by atoms with Crippen molar-refractivity contribution in [1.82, 2.24) is 5.32 Å². The first kappa shape index (κ1) is 23.8. The zero-order chi connectivity index (χ0) is 22.7. The van der Waals surface area contributed by atoms with Crippen molar-refractivity contribution in [2.24, 2.45) is 0 Å². The highest BCUT2D eigenvalue weighted by Crippen LogP contribution is 2.36. The van der Waals surface area contributed by atoms with Crippen molar-refractivity contribution in [2.45, 2.75) is 38.5 Å². The quantitative estimate of drug-likeness (QED) is 0.500. The van der Waals surface area contributed by atoms with Crippen LogP contribution in [0.2, 0.25) is 0 Å². The summed E-state index contributed by atoms with van der Waals surface area (Å²) in [5.74, 6) is 0. The molecule has 0 heterocycles. The molecule has 0 fully saturated rings. The SMILES string of the molecule is CCNc1ccc(C(F)(F)F)cc1CNCc1cc(C(F)(F)F)cc(C(F)(F)F)c1. The largest absolute Gasteiger partial charge is 0.416 e. The molecular weight excluding hydrogens is 427 g/mol. The molecule has 0 aliphatic rings. The maximum Gasteiger partial charge on any atom is 0.416 e. The number of rotatable bonds is 6. The molecule has 2 nitrogen and oxygen atoms in total. The first-order valence-corrected chi connectivity index (χ1v) is 8.65. The number of alkyl halides is 9. The summed E-state index contributed by atoms with van der Waals surface area (Å²) in [6, 6.07) is 4.12. The first-order valence-electron chi connectivity index (χ1n) is 8.65. The van der Waals surface area contributed by atoms with Crippen LogP contribution in [0.4, 0.5) is 45.2 Å². The fourth-order valence-corrected chi connectivity index (χ4v) is 2.74. The highest BCUT2D eigenvalue weighted by atomic mass is 19.4. The molecule has 166 valence electrons. The van der Waals surface area contributed by atoms with Gasteiger partial charge < -0.3 is 10.6 Å². The molecule has 0 saturated carbocycles. The van der Waals surface area contributed by atoms with Crippen LogP contribution in [0, 0.1) is 0 Å². The van der Waals surface area contributed by atoms with Gasteiger partial charge in [0.15, 0.2) is 0 Å². The van der Waals surface area contributed by atoms with Gasteiger partial charge in [-0.3, -0.25) is 0 Å². The third-order valence-corrected chi connectivity index (χ3v) is 4.09. The van der Waals surface area contributed by atoms with Crippen molar-refractivity contribution in [1.29, 1.82) is 0 Å². The molecule has 0 unspecified atom stereocenters. The fourth-order valence-electron chi connectivity index (χ4n) is 2.74. The van der Waals surface area contributed by atoms with Crippen LogP contribution in [0.1, 0.15) is 34.7 Å². The number of nitrogens with one attached hydrogen (secondary N) is 2. The monoisotopic (exact) mass is 444 g/mol. The lowest BCUT2D eigenvalue weighted by Crippen LogP contribution is -2.18. The summed E-state index contributed by atoms with van der Waals surface area (Å²) >= 11 is 0. The molecule has 0 aromatic heterocycles. The van der Waals surface area contributed by atoms with Gasteiger partial charge >= 0.3 is 18.5 Å². The maximum absolute atomic E-state index is 12.9. The summed E-state index contributed by atoms with van der Waals surface area (Å²) in [5, 5.41) is 5.47. The second-order valence-corrected chi connectivity index (χ2v) is 6.42. The Balaban J connectivity index is 2.26. The van der Waals surface area contributed by atoms with E-state index in [9.17, 15) is 39.5 Å². The zero-order valence-corrected chi connectivity index (χ0v) is 15.5. The topological polar surface area (TPSA) is 24.1 Å². The smallest absolute Gasteiger partial charge is 0.385 e. The third kappa shape index (κ3) is 6.28. The number of halogens is 9. The molecule has 0 spiro atoms. The van der Waals surface area contributed by atoms with Gasteiger partial charge in [0.05, 0.1) is 16.7 Å². The summed E-state index contributed by atoms with van der Waals surface area (Å²) in [6.07, 6.45) is -14.5. The molecular formula is C19H17F9N2. The van der Waals surface area contributed by atoms with Crippen LogP contribution in [0.3, 0.4) is 0 Å². The Labute approximate surface area is 166 Å². The van der Waals surface area contributed by atoms with Gasteiger partial charge in [0.25, 0.3) is 0 Å². The predicted molar refractivity (Wildman–Crippen MR) is 92.6 cm³/mol. The standard InChI is InChI=1S/C19H17F9N2/c1-2-30-16-4-3-13(17(20,21)22)7-12(16)10-29-9-11-5-14(18(23,24)25)8-15(6-11)19(26,27)28/h3-8,29-30H,2,9-10H2,1H3. The van der Waals surface area contributed by atoms with Gasteiger partial charge in [-0.1, -0.05) is 0 Å². The summed E-state index contributed by atoms with van der Waals surface area (Å²) in [6.45, 7) is 1.51. The molecule has 0 amide bonds. The summed E-state index contributed by atoms with van der Waals surface area (Å²) in [4.78, 5) is 0. The second-order valence-electron chi connectivity index (χ2n) is 6.42. The predicted octanol–water partition coefficient (Wildman–Crippen LogP) is 6.46. The van der Waals surface area contributed by atoms with E-state index in [0.717, 1.165) is 12.1 Å². The second kappa shape index (κ2) is 8.75. The van der Waals surface area contributed by atoms with Crippen molar-refractivity contribution < 1.29 is 39.5 Å². The Morgan fingerprint density at radius 1 is 0.667 bits per heavy atom. The van der Waals surface area contributed by atoms with Gasteiger partial charge in [0.1, 0.15) is 0 Å². The molecule has 0 bridgehead atoms. The zero-order valence-electron chi connectivity index (χ0n) is 15.5. The highest BCUT2D eigenvalue weighted by molar-refractivity contribution is 5.53. The summed E-state index contributed by atoms with van der Waals surface area (Å²) in [5.41, 5.74) is -3.58. The van der Waals surface area contributed by atoms with Crippen molar-refractivity contribution in [3.63, 3.8) is 0 Å². The minimum Gasteiger partial charge on any atom is -0.385 e. The number of anilines is 1. The van der Waals surface area contributed by atoms with Crippen molar-refractivity contribution >= 4 is 5.69 Å². The molecule has 0 atom stereocenters. The molecule has 11 heteroatoms. The molecule has 0 saturated heterocycles.